The predicted molar refractivity (Wildman–Crippen MR) is 447 cm³/mol. The van der Waals surface area contributed by atoms with Gasteiger partial charge in [-0.25, -0.2) is 31.4 Å². The van der Waals surface area contributed by atoms with Crippen molar-refractivity contribution in [2.24, 2.45) is 10.8 Å². The molecule has 7 N–H and O–H groups in total. The third kappa shape index (κ3) is 20.4. The molecular formula is C87H105F3N18O10. The van der Waals surface area contributed by atoms with Gasteiger partial charge in [-0.1, -0.05) is 70.2 Å². The quantitative estimate of drug-likeness (QED) is 0.0349. The Bertz CT molecular complexity index is 5390. The van der Waals surface area contributed by atoms with Gasteiger partial charge >= 0.3 is 6.18 Å². The number of anilines is 6. The van der Waals surface area contributed by atoms with Crippen LogP contribution in [0.3, 0.4) is 0 Å². The summed E-state index contributed by atoms with van der Waals surface area (Å²) in [5.74, 6) is 0.539. The zero-order valence-electron chi connectivity index (χ0n) is 68.3. The average Bonchev–Trinajstić information content (AvgIpc) is 0.767. The molecule has 28 nitrogen and oxygen atoms in total. The van der Waals surface area contributed by atoms with Crippen molar-refractivity contribution in [3.8, 4) is 5.69 Å². The van der Waals surface area contributed by atoms with Crippen molar-refractivity contribution < 1.29 is 47.2 Å². The van der Waals surface area contributed by atoms with Gasteiger partial charge in [0.15, 0.2) is 5.65 Å². The van der Waals surface area contributed by atoms with Gasteiger partial charge in [-0.05, 0) is 243 Å². The number of hydrogen-bond acceptors (Lipinski definition) is 22. The van der Waals surface area contributed by atoms with Gasteiger partial charge in [-0.15, -0.1) is 0 Å². The highest BCUT2D eigenvalue weighted by Gasteiger charge is 2.34. The molecule has 118 heavy (non-hydrogen) atoms. The number of nitrogens with one attached hydrogen (secondary N) is 6. The summed E-state index contributed by atoms with van der Waals surface area (Å²) in [6.07, 6.45) is 18.8. The fourth-order valence-electron chi connectivity index (χ4n) is 16.6. The number of alkyl halides is 3. The standard InChI is InChI=1S/C30H40N6O4.C29H38N6O3.C28H27F3N6O3/c1-30(2)12-8-23(9-13-30)36-19-25(28(39)34-40-3)26(38)24-18-31-29(33-27(24)36)32-22-6-4-20(5-7-22)21-10-14-35(15-11-21)16-17-37;1-29(2)13-9-22(10-14-29)35-18-24(27(37)33-38-4)25(36)23-17-30-28(32-26(23)35)31-21-7-5-19(6-8-21)20-11-15-34(3)16-12-20;1-36-12-10-18(11-13-36)17-6-8-20(9-7-17)33-27-32-15-22-24(38)23(26(39)35-40-2)16-37(25(22)34-27)21-5-3-4-19(14-21)28(29,30)31/h4-7,18-19,21,23,37H,8-17H2,1-3H3,(H,34,39)(H,31,32,33);5-8,17-18,20,22H,9-16H2,1-4H3,(H,33,37)(H,30,31,32);3-9,14-16,18H,10-13H2,1-2H3,(H,35,39)(H,32,33,34). The number of pyridine rings is 3. The smallest absolute Gasteiger partial charge is 0.395 e. The van der Waals surface area contributed by atoms with Crippen molar-refractivity contribution in [1.29, 1.82) is 0 Å². The summed E-state index contributed by atoms with van der Waals surface area (Å²) in [6, 6.07) is 29.6. The highest BCUT2D eigenvalue weighted by atomic mass is 19.4. The molecule has 3 aliphatic heterocycles. The third-order valence-corrected chi connectivity index (χ3v) is 23.8. The lowest BCUT2D eigenvalue weighted by Gasteiger charge is -2.35. The molecule has 0 atom stereocenters. The topological polar surface area (TPSA) is 324 Å². The molecule has 4 aromatic carbocycles. The first-order valence-electron chi connectivity index (χ1n) is 40.4. The molecule has 31 heteroatoms. The van der Waals surface area contributed by atoms with Gasteiger partial charge in [0, 0.05) is 78.6 Å². The molecule has 3 saturated heterocycles. The zero-order valence-corrected chi connectivity index (χ0v) is 68.3. The Morgan fingerprint density at radius 2 is 0.814 bits per heavy atom. The summed E-state index contributed by atoms with van der Waals surface area (Å²) in [6.45, 7) is 16.5. The van der Waals surface area contributed by atoms with E-state index in [-0.39, 0.29) is 68.9 Å². The van der Waals surface area contributed by atoms with E-state index in [1.165, 1.54) is 86.2 Å². The molecule has 3 amide bonds. The van der Waals surface area contributed by atoms with Crippen LogP contribution < -0.4 is 48.7 Å². The van der Waals surface area contributed by atoms with E-state index in [2.05, 4.69) is 162 Å². The minimum atomic E-state index is -4.59. The van der Waals surface area contributed by atoms with Gasteiger partial charge in [0.2, 0.25) is 34.1 Å². The van der Waals surface area contributed by atoms with Crippen molar-refractivity contribution in [2.75, 3.05) is 104 Å². The molecule has 0 bridgehead atoms. The Kier molecular flexibility index (Phi) is 26.9. The number of hydrogen-bond donors (Lipinski definition) is 7. The molecule has 5 fully saturated rings. The number of nitrogens with zero attached hydrogens (tertiary/aromatic N) is 12. The average molecular weight is 1620 g/mol. The maximum absolute atomic E-state index is 13.5. The molecule has 5 aliphatic rings. The number of β-amino-alcohol motifs (C(OH)–C–C–N with tert-alkyl or cyclic N) is 1. The Balaban J connectivity index is 0.000000154. The Morgan fingerprint density at radius 1 is 0.475 bits per heavy atom. The summed E-state index contributed by atoms with van der Waals surface area (Å²) in [5, 5.41) is 19.5. The van der Waals surface area contributed by atoms with E-state index in [1.54, 1.807) is 12.4 Å². The minimum Gasteiger partial charge on any atom is -0.395 e. The lowest BCUT2D eigenvalue weighted by atomic mass is 9.75. The number of carbonyl (C=O) groups is 3. The molecule has 10 aromatic rings. The van der Waals surface area contributed by atoms with Gasteiger partial charge in [-0.2, -0.15) is 28.1 Å². The molecule has 2 aliphatic carbocycles. The monoisotopic (exact) mass is 1620 g/mol. The van der Waals surface area contributed by atoms with Gasteiger partial charge in [0.05, 0.1) is 49.7 Å². The normalized spacial score (nSPS) is 17.4. The van der Waals surface area contributed by atoms with Gasteiger partial charge in [0.1, 0.15) is 28.0 Å². The maximum atomic E-state index is 13.5. The van der Waals surface area contributed by atoms with Crippen molar-refractivity contribution in [3.05, 3.63) is 204 Å². The van der Waals surface area contributed by atoms with Gasteiger partial charge in [0.25, 0.3) is 17.7 Å². The lowest BCUT2D eigenvalue weighted by Crippen LogP contribution is -2.34. The number of amides is 3. The second kappa shape index (κ2) is 37.3. The maximum Gasteiger partial charge on any atom is 0.416 e. The molecule has 2 saturated carbocycles. The number of aromatic nitrogens is 9. The van der Waals surface area contributed by atoms with E-state index in [0.717, 1.165) is 153 Å². The van der Waals surface area contributed by atoms with Crippen LogP contribution in [0.5, 0.6) is 0 Å². The molecule has 9 heterocycles. The molecule has 0 unspecified atom stereocenters. The lowest BCUT2D eigenvalue weighted by molar-refractivity contribution is -0.137. The number of halogens is 3. The van der Waals surface area contributed by atoms with Crippen molar-refractivity contribution in [1.82, 2.24) is 74.7 Å². The first-order chi connectivity index (χ1) is 56.6. The van der Waals surface area contributed by atoms with Crippen LogP contribution in [0.1, 0.15) is 201 Å². The third-order valence-electron chi connectivity index (χ3n) is 23.8. The van der Waals surface area contributed by atoms with Crippen LogP contribution in [0.4, 0.5) is 48.1 Å². The molecule has 0 radical (unpaired) electrons. The number of benzene rings is 4. The first kappa shape index (κ1) is 85.0. The number of aliphatic hydroxyl groups excluding tert-OH is 1. The Hall–Kier alpha value is -10.9. The van der Waals surface area contributed by atoms with Crippen LogP contribution in [-0.2, 0) is 20.7 Å². The van der Waals surface area contributed by atoms with Crippen LogP contribution >= 0.6 is 0 Å². The fourth-order valence-corrected chi connectivity index (χ4v) is 16.6. The number of carbonyl (C=O) groups excluding carboxylic acids is 3. The van der Waals surface area contributed by atoms with Gasteiger partial charge < -0.3 is 49.5 Å². The van der Waals surface area contributed by atoms with Crippen molar-refractivity contribution in [3.63, 3.8) is 0 Å². The highest BCUT2D eigenvalue weighted by molar-refractivity contribution is 5.98. The summed E-state index contributed by atoms with van der Waals surface area (Å²) in [4.78, 5) is 126. The van der Waals surface area contributed by atoms with Crippen LogP contribution in [0.25, 0.3) is 38.8 Å². The summed E-state index contributed by atoms with van der Waals surface area (Å²) in [5.41, 5.74) is 12.0. The number of likely N-dealkylation sites (tertiary alicyclic amines) is 3. The molecule has 15 rings (SSSR count). The van der Waals surface area contributed by atoms with Crippen molar-refractivity contribution >= 4 is 85.7 Å². The number of hydroxylamine groups is 3. The largest absolute Gasteiger partial charge is 0.416 e. The van der Waals surface area contributed by atoms with Crippen LogP contribution in [0.2, 0.25) is 0 Å². The van der Waals surface area contributed by atoms with E-state index in [0.29, 0.717) is 57.4 Å². The number of piperidine rings is 3. The number of aliphatic hydroxyl groups is 1. The van der Waals surface area contributed by atoms with E-state index < -0.39 is 45.7 Å². The summed E-state index contributed by atoms with van der Waals surface area (Å²) < 4.78 is 45.6. The Morgan fingerprint density at radius 3 is 1.16 bits per heavy atom. The molecule has 0 spiro atoms. The number of rotatable bonds is 20. The molecular weight excluding hydrogens is 1510 g/mol. The van der Waals surface area contributed by atoms with Crippen LogP contribution in [0.15, 0.2) is 149 Å². The zero-order chi connectivity index (χ0) is 83.6. The molecule has 624 valence electrons. The van der Waals surface area contributed by atoms with Gasteiger partial charge in [-0.3, -0.25) is 43.3 Å². The summed E-state index contributed by atoms with van der Waals surface area (Å²) in [7, 11) is 8.19. The highest BCUT2D eigenvalue weighted by Crippen LogP contribution is 2.43. The van der Waals surface area contributed by atoms with Crippen LogP contribution in [-0.4, -0.2) is 169 Å². The summed E-state index contributed by atoms with van der Waals surface area (Å²) >= 11 is 0. The second-order valence-corrected chi connectivity index (χ2v) is 33.1. The van der Waals surface area contributed by atoms with E-state index in [9.17, 15) is 47.0 Å². The second-order valence-electron chi connectivity index (χ2n) is 33.1. The van der Waals surface area contributed by atoms with E-state index in [1.807, 2.05) is 33.4 Å². The number of fused-ring (bicyclic) bond motifs is 3. The SMILES string of the molecule is CONC(=O)c1cn(-c2cccc(C(F)(F)F)c2)c2nc(Nc3ccc(C4CCN(C)CC4)cc3)ncc2c1=O.CONC(=O)c1cn(C2CCC(C)(C)CC2)c2nc(Nc3ccc(C4CCN(C)CC4)cc3)ncc2c1=O.CONC(=O)c1cn(C2CCC(C)(C)CC2)c2nc(Nc3ccc(C4CCN(CCO)CC4)cc3)ncc2c1=O. The Labute approximate surface area is 682 Å². The van der Waals surface area contributed by atoms with Crippen molar-refractivity contribution in [2.45, 2.75) is 154 Å². The molecule has 6 aromatic heterocycles. The van der Waals surface area contributed by atoms with E-state index in [4.69, 9.17) is 19.6 Å². The fraction of sp³-hybridized carbons (Fsp3) is 0.448. The van der Waals surface area contributed by atoms with Crippen LogP contribution in [0, 0.1) is 10.8 Å². The van der Waals surface area contributed by atoms with E-state index >= 15 is 0 Å². The first-order valence-corrected chi connectivity index (χ1v) is 40.4. The minimum absolute atomic E-state index is 0.0151. The predicted octanol–water partition coefficient (Wildman–Crippen LogP) is 13.6.